The molecule has 2 aromatic rings. The number of carbonyl (C=O) groups is 1. The van der Waals surface area contributed by atoms with Gasteiger partial charge in [-0.05, 0) is 19.9 Å². The maximum atomic E-state index is 12.4. The van der Waals surface area contributed by atoms with Gasteiger partial charge in [-0.1, -0.05) is 6.07 Å². The number of rotatable bonds is 4. The van der Waals surface area contributed by atoms with Gasteiger partial charge in [0.25, 0.3) is 11.7 Å². The molecule has 7 nitrogen and oxygen atoms in total. The molecule has 3 rings (SSSR count). The number of quaternary nitrogens is 1. The summed E-state index contributed by atoms with van der Waals surface area (Å²) in [5.41, 5.74) is 2.70. The summed E-state index contributed by atoms with van der Waals surface area (Å²) in [6.07, 6.45) is 1.95. The van der Waals surface area contributed by atoms with E-state index in [1.807, 2.05) is 39.2 Å². The molecule has 2 aromatic heterocycles. The van der Waals surface area contributed by atoms with Crippen LogP contribution >= 0.6 is 0 Å². The molecule has 1 aliphatic rings. The zero-order valence-electron chi connectivity index (χ0n) is 14.6. The molecule has 0 bridgehead atoms. The third-order valence-corrected chi connectivity index (χ3v) is 4.69. The zero-order chi connectivity index (χ0) is 17.1. The normalized spacial score (nSPS) is 15.5. The monoisotopic (exact) mass is 330 g/mol. The molecule has 3 N–H and O–H groups in total. The molecular formula is C17H26N6O+2. The molecule has 0 saturated carbocycles. The maximum Gasteiger partial charge on any atom is 0.279 e. The van der Waals surface area contributed by atoms with Crippen LogP contribution in [0.2, 0.25) is 0 Å². The van der Waals surface area contributed by atoms with Crippen molar-refractivity contribution in [1.82, 2.24) is 9.78 Å². The second-order valence-electron chi connectivity index (χ2n) is 6.38. The lowest BCUT2D eigenvalue weighted by molar-refractivity contribution is -0.892. The van der Waals surface area contributed by atoms with Crippen LogP contribution in [0.5, 0.6) is 0 Å². The van der Waals surface area contributed by atoms with Gasteiger partial charge in [-0.3, -0.25) is 14.4 Å². The fourth-order valence-corrected chi connectivity index (χ4v) is 3.19. The fraction of sp³-hybridized carbons (Fsp3) is 0.471. The lowest BCUT2D eigenvalue weighted by atomic mass is 10.3. The highest BCUT2D eigenvalue weighted by atomic mass is 16.2. The van der Waals surface area contributed by atoms with E-state index in [4.69, 9.17) is 0 Å². The predicted octanol–water partition coefficient (Wildman–Crippen LogP) is -0.805. The number of aryl methyl sites for hydroxylation is 2. The quantitative estimate of drug-likeness (QED) is 0.771. The number of hydrogen-bond acceptors (Lipinski definition) is 3. The van der Waals surface area contributed by atoms with Crippen LogP contribution in [0.25, 0.3) is 0 Å². The van der Waals surface area contributed by atoms with Crippen LogP contribution in [0.1, 0.15) is 11.4 Å². The molecule has 1 fully saturated rings. The topological polar surface area (TPSA) is 68.7 Å². The van der Waals surface area contributed by atoms with E-state index in [0.717, 1.165) is 49.1 Å². The first kappa shape index (κ1) is 16.4. The Hall–Kier alpha value is -2.41. The minimum atomic E-state index is 0.0592. The van der Waals surface area contributed by atoms with Crippen LogP contribution in [0, 0.1) is 13.8 Å². The Morgan fingerprint density at radius 3 is 2.67 bits per heavy atom. The molecule has 0 radical (unpaired) electrons. The Labute approximate surface area is 142 Å². The number of nitrogens with one attached hydrogen (secondary N) is 3. The number of aromatic nitrogens is 3. The van der Waals surface area contributed by atoms with E-state index in [1.165, 1.54) is 4.90 Å². The predicted molar refractivity (Wildman–Crippen MR) is 92.1 cm³/mol. The number of piperazine rings is 1. The Bertz CT molecular complexity index is 703. The first-order chi connectivity index (χ1) is 11.5. The molecule has 128 valence electrons. The van der Waals surface area contributed by atoms with Gasteiger partial charge in [0.15, 0.2) is 6.54 Å². The van der Waals surface area contributed by atoms with Gasteiger partial charge in [-0.25, -0.2) is 4.98 Å². The van der Waals surface area contributed by atoms with E-state index < -0.39 is 0 Å². The maximum absolute atomic E-state index is 12.4. The summed E-state index contributed by atoms with van der Waals surface area (Å²) >= 11 is 0. The highest BCUT2D eigenvalue weighted by molar-refractivity contribution is 5.92. The van der Waals surface area contributed by atoms with E-state index >= 15 is 0 Å². The number of hydrogen-bond donors (Lipinski definition) is 2. The Morgan fingerprint density at radius 1 is 1.33 bits per heavy atom. The number of anilines is 2. The summed E-state index contributed by atoms with van der Waals surface area (Å²) in [5.74, 6) is 1.20. The second kappa shape index (κ2) is 7.00. The van der Waals surface area contributed by atoms with E-state index in [-0.39, 0.29) is 5.91 Å². The van der Waals surface area contributed by atoms with Crippen LogP contribution < -0.4 is 20.1 Å². The third kappa shape index (κ3) is 3.56. The number of amides is 1. The van der Waals surface area contributed by atoms with Crippen molar-refractivity contribution in [2.24, 2.45) is 7.05 Å². The second-order valence-corrected chi connectivity index (χ2v) is 6.38. The van der Waals surface area contributed by atoms with Crippen molar-refractivity contribution in [1.29, 1.82) is 0 Å². The number of aromatic amines is 1. The van der Waals surface area contributed by atoms with Crippen LogP contribution in [-0.4, -0.2) is 48.4 Å². The summed E-state index contributed by atoms with van der Waals surface area (Å²) in [5, 5.41) is 7.37. The molecule has 0 unspecified atom stereocenters. The Kier molecular flexibility index (Phi) is 4.80. The molecule has 1 amide bonds. The minimum absolute atomic E-state index is 0.0592. The van der Waals surface area contributed by atoms with E-state index in [9.17, 15) is 4.79 Å². The SMILES string of the molecule is Cc1nn(C)c(C)c1NC(=O)C[NH+]1CCN(c2cccc[nH+]2)CC1. The van der Waals surface area contributed by atoms with Gasteiger partial charge in [0, 0.05) is 13.1 Å². The number of H-pyrrole nitrogens is 1. The van der Waals surface area contributed by atoms with Gasteiger partial charge in [-0.2, -0.15) is 5.10 Å². The van der Waals surface area contributed by atoms with Crippen molar-refractivity contribution >= 4 is 17.4 Å². The average molecular weight is 330 g/mol. The minimum Gasteiger partial charge on any atom is -0.321 e. The Balaban J connectivity index is 1.52. The first-order valence-corrected chi connectivity index (χ1v) is 8.40. The van der Waals surface area contributed by atoms with E-state index in [0.29, 0.717) is 6.54 Å². The summed E-state index contributed by atoms with van der Waals surface area (Å²) in [7, 11) is 1.89. The number of nitrogens with zero attached hydrogens (tertiary/aromatic N) is 3. The highest BCUT2D eigenvalue weighted by Gasteiger charge is 2.27. The Morgan fingerprint density at radius 2 is 2.08 bits per heavy atom. The molecule has 3 heterocycles. The lowest BCUT2D eigenvalue weighted by Gasteiger charge is -2.27. The van der Waals surface area contributed by atoms with Gasteiger partial charge in [0.1, 0.15) is 26.2 Å². The zero-order valence-corrected chi connectivity index (χ0v) is 14.6. The van der Waals surface area contributed by atoms with Crippen LogP contribution in [-0.2, 0) is 11.8 Å². The highest BCUT2D eigenvalue weighted by Crippen LogP contribution is 2.17. The molecule has 24 heavy (non-hydrogen) atoms. The first-order valence-electron chi connectivity index (χ1n) is 8.40. The van der Waals surface area contributed by atoms with Gasteiger partial charge < -0.3 is 10.2 Å². The van der Waals surface area contributed by atoms with Gasteiger partial charge >= 0.3 is 0 Å². The molecule has 1 aliphatic heterocycles. The van der Waals surface area contributed by atoms with Crippen molar-refractivity contribution in [3.8, 4) is 0 Å². The van der Waals surface area contributed by atoms with Crippen molar-refractivity contribution in [2.75, 3.05) is 42.9 Å². The standard InChI is InChI=1S/C17H24N6O/c1-13-17(14(2)21(3)20-13)19-16(24)12-22-8-10-23(11-9-22)15-6-4-5-7-18-15/h4-7H,8-12H2,1-3H3,(H,19,24)/p+2. The lowest BCUT2D eigenvalue weighted by Crippen LogP contribution is -3.15. The smallest absolute Gasteiger partial charge is 0.279 e. The number of pyridine rings is 1. The third-order valence-electron chi connectivity index (χ3n) is 4.69. The largest absolute Gasteiger partial charge is 0.321 e. The van der Waals surface area contributed by atoms with E-state index in [1.54, 1.807) is 4.68 Å². The van der Waals surface area contributed by atoms with Crippen molar-refractivity contribution in [2.45, 2.75) is 13.8 Å². The van der Waals surface area contributed by atoms with Crippen molar-refractivity contribution in [3.63, 3.8) is 0 Å². The molecule has 0 spiro atoms. The van der Waals surface area contributed by atoms with Gasteiger partial charge in [0.05, 0.1) is 23.3 Å². The van der Waals surface area contributed by atoms with E-state index in [2.05, 4.69) is 26.4 Å². The van der Waals surface area contributed by atoms with Crippen LogP contribution in [0.4, 0.5) is 11.5 Å². The molecule has 7 heteroatoms. The summed E-state index contributed by atoms with van der Waals surface area (Å²) in [4.78, 5) is 19.3. The van der Waals surface area contributed by atoms with Gasteiger partial charge in [-0.15, -0.1) is 0 Å². The van der Waals surface area contributed by atoms with Gasteiger partial charge in [0.2, 0.25) is 0 Å². The molecule has 0 atom stereocenters. The fourth-order valence-electron chi connectivity index (χ4n) is 3.19. The molecular weight excluding hydrogens is 304 g/mol. The summed E-state index contributed by atoms with van der Waals surface area (Å²) in [6, 6.07) is 6.11. The summed E-state index contributed by atoms with van der Waals surface area (Å²) in [6.45, 7) is 8.22. The average Bonchev–Trinajstić information content (AvgIpc) is 2.82. The summed E-state index contributed by atoms with van der Waals surface area (Å²) < 4.78 is 1.80. The molecule has 0 aliphatic carbocycles. The van der Waals surface area contributed by atoms with Crippen LogP contribution in [0.3, 0.4) is 0 Å². The molecule has 0 aromatic carbocycles. The van der Waals surface area contributed by atoms with Crippen molar-refractivity contribution < 1.29 is 14.7 Å². The van der Waals surface area contributed by atoms with Crippen molar-refractivity contribution in [3.05, 3.63) is 35.8 Å². The van der Waals surface area contributed by atoms with Crippen LogP contribution in [0.15, 0.2) is 24.4 Å². The molecule has 1 saturated heterocycles. The number of carbonyl (C=O) groups excluding carboxylic acids is 1.